The molecule has 0 saturated carbocycles. The van der Waals surface area contributed by atoms with E-state index in [0.29, 0.717) is 0 Å². The Balaban J connectivity index is -0.000000140. The van der Waals surface area contributed by atoms with Crippen LogP contribution in [0.15, 0.2) is 0 Å². The van der Waals surface area contributed by atoms with Gasteiger partial charge < -0.3 is 20.4 Å². The number of carboxylic acids is 4. The van der Waals surface area contributed by atoms with Crippen molar-refractivity contribution in [1.82, 2.24) is 0 Å². The van der Waals surface area contributed by atoms with Gasteiger partial charge in [-0.05, 0) is 0 Å². The Morgan fingerprint density at radius 1 is 0.241 bits per heavy atom. The second-order valence-corrected chi connectivity index (χ2v) is 7.81. The van der Waals surface area contributed by atoms with E-state index in [9.17, 15) is 142 Å². The van der Waals surface area contributed by atoms with Crippen LogP contribution in [-0.4, -0.2) is 116 Å². The zero-order chi connectivity index (χ0) is 44.3. The monoisotopic (exact) mass is 1060 g/mol. The number of alkyl halides is 28. The molecule has 0 unspecified atom stereocenters. The van der Waals surface area contributed by atoms with Crippen LogP contribution in [0.5, 0.6) is 0 Å². The molecule has 0 heterocycles. The summed E-state index contributed by atoms with van der Waals surface area (Å²) in [5, 5.41) is 29.6. The van der Waals surface area contributed by atoms with Crippen molar-refractivity contribution in [2.45, 2.75) is 72.1 Å². The SMILES string of the molecule is O=C(O)C(F)(F)C(F)(F)C(F)(F)F.O=C(O)C(F)(F)C(F)(F)C(F)(F)F.O=C(O)C(F)(F)C(F)(F)C(F)(F)F.O=C(O)C(F)(F)C(F)(F)C(F)(F)F.[Rh].[Rh]. The van der Waals surface area contributed by atoms with E-state index in [1.807, 2.05) is 0 Å². The molecular weight excluding hydrogens is 1060 g/mol. The minimum atomic E-state index is -6.60. The molecule has 4 N–H and O–H groups in total. The fourth-order valence-electron chi connectivity index (χ4n) is 1.25. The van der Waals surface area contributed by atoms with Crippen LogP contribution in [-0.2, 0) is 58.1 Å². The van der Waals surface area contributed by atoms with E-state index in [4.69, 9.17) is 20.4 Å². The third-order valence-corrected chi connectivity index (χ3v) is 4.08. The van der Waals surface area contributed by atoms with E-state index in [-0.39, 0.29) is 39.0 Å². The van der Waals surface area contributed by atoms with Crippen molar-refractivity contribution in [3.8, 4) is 0 Å². The first-order valence-electron chi connectivity index (χ1n) is 10.0. The minimum Gasteiger partial charge on any atom is -0.477 e. The molecule has 2 radical (unpaired) electrons. The second-order valence-electron chi connectivity index (χ2n) is 7.81. The van der Waals surface area contributed by atoms with Crippen LogP contribution in [0.4, 0.5) is 123 Å². The van der Waals surface area contributed by atoms with Gasteiger partial charge in [0.2, 0.25) is 0 Å². The van der Waals surface area contributed by atoms with Crippen molar-refractivity contribution in [1.29, 1.82) is 0 Å². The van der Waals surface area contributed by atoms with Crippen LogP contribution < -0.4 is 0 Å². The molecule has 54 heavy (non-hydrogen) atoms. The Kier molecular flexibility index (Phi) is 21.5. The molecule has 0 fully saturated rings. The van der Waals surface area contributed by atoms with Gasteiger partial charge in [-0.25, -0.2) is 19.2 Å². The van der Waals surface area contributed by atoms with Gasteiger partial charge >= 0.3 is 96.0 Å². The Hall–Kier alpha value is -2.83. The van der Waals surface area contributed by atoms with Crippen LogP contribution >= 0.6 is 0 Å². The van der Waals surface area contributed by atoms with Crippen LogP contribution in [0.2, 0.25) is 0 Å². The van der Waals surface area contributed by atoms with E-state index >= 15 is 0 Å². The third-order valence-electron chi connectivity index (χ3n) is 4.08. The molecule has 0 amide bonds. The Bertz CT molecular complexity index is 1070. The van der Waals surface area contributed by atoms with Gasteiger partial charge in [0, 0.05) is 39.0 Å². The molecule has 0 rings (SSSR count). The minimum absolute atomic E-state index is 0. The number of aliphatic carboxylic acids is 4. The van der Waals surface area contributed by atoms with Crippen LogP contribution in [0.1, 0.15) is 0 Å². The Morgan fingerprint density at radius 2 is 0.315 bits per heavy atom. The van der Waals surface area contributed by atoms with Crippen molar-refractivity contribution in [2.75, 3.05) is 0 Å². The quantitative estimate of drug-likeness (QED) is 0.144. The zero-order valence-electron chi connectivity index (χ0n) is 22.7. The molecule has 0 aromatic rings. The number of rotatable bonds is 8. The maximum absolute atomic E-state index is 11.8. The molecular formula is C16H4F28O8Rh2. The summed E-state index contributed by atoms with van der Waals surface area (Å²) in [6, 6.07) is 0. The number of halogens is 28. The van der Waals surface area contributed by atoms with Crippen molar-refractivity contribution in [2.24, 2.45) is 0 Å². The maximum atomic E-state index is 11.8. The predicted molar refractivity (Wildman–Crippen MR) is 94.3 cm³/mol. The summed E-state index contributed by atoms with van der Waals surface area (Å²) in [5.74, 6) is -65.1. The predicted octanol–water partition coefficient (Wildman–Crippen LogP) is 7.61. The van der Waals surface area contributed by atoms with E-state index in [2.05, 4.69) is 0 Å². The van der Waals surface area contributed by atoms with Gasteiger partial charge in [0.25, 0.3) is 0 Å². The maximum Gasteiger partial charge on any atom is 0.460 e. The van der Waals surface area contributed by atoms with Crippen molar-refractivity contribution in [3.63, 3.8) is 0 Å². The summed E-state index contributed by atoms with van der Waals surface area (Å²) in [6.07, 6.45) is -26.4. The molecule has 8 nitrogen and oxygen atoms in total. The van der Waals surface area contributed by atoms with Gasteiger partial charge in [-0.15, -0.1) is 0 Å². The van der Waals surface area contributed by atoms with E-state index in [0.717, 1.165) is 0 Å². The van der Waals surface area contributed by atoms with E-state index in [1.54, 1.807) is 0 Å². The average Bonchev–Trinajstić information content (AvgIpc) is 2.86. The number of carbonyl (C=O) groups is 4. The number of hydrogen-bond donors (Lipinski definition) is 4. The van der Waals surface area contributed by atoms with Crippen molar-refractivity contribution >= 4 is 23.9 Å². The zero-order valence-corrected chi connectivity index (χ0v) is 25.9. The summed E-state index contributed by atoms with van der Waals surface area (Å²) < 4.78 is 322. The fraction of sp³-hybridized carbons (Fsp3) is 0.750. The fourth-order valence-corrected chi connectivity index (χ4v) is 1.25. The molecule has 0 aliphatic rings. The molecule has 0 aromatic carbocycles. The van der Waals surface area contributed by atoms with Crippen LogP contribution in [0.25, 0.3) is 0 Å². The summed E-state index contributed by atoms with van der Waals surface area (Å²) in [7, 11) is 0. The standard InChI is InChI=1S/4C4HF7O2.2Rh/c4*5-2(6,1(12)13)3(7,8)4(9,10)11;;/h4*(H,12,13);;. The first-order valence-corrected chi connectivity index (χ1v) is 10.0. The number of hydrogen-bond acceptors (Lipinski definition) is 4. The summed E-state index contributed by atoms with van der Waals surface area (Å²) in [5.41, 5.74) is 0. The largest absolute Gasteiger partial charge is 0.477 e. The Morgan fingerprint density at radius 3 is 0.333 bits per heavy atom. The summed E-state index contributed by atoms with van der Waals surface area (Å²) in [6.45, 7) is 0. The smallest absolute Gasteiger partial charge is 0.460 e. The van der Waals surface area contributed by atoms with Gasteiger partial charge in [-0.3, -0.25) is 0 Å². The molecule has 0 spiro atoms. The molecule has 38 heteroatoms. The topological polar surface area (TPSA) is 149 Å². The van der Waals surface area contributed by atoms with Crippen molar-refractivity contribution in [3.05, 3.63) is 0 Å². The average molecular weight is 1060 g/mol. The van der Waals surface area contributed by atoms with Gasteiger partial charge in [0.15, 0.2) is 0 Å². The van der Waals surface area contributed by atoms with Gasteiger partial charge in [0.1, 0.15) is 0 Å². The molecule has 0 aliphatic carbocycles. The number of carboxylic acid groups (broad SMARTS) is 4. The van der Waals surface area contributed by atoms with Gasteiger partial charge in [-0.1, -0.05) is 0 Å². The van der Waals surface area contributed by atoms with Crippen molar-refractivity contribution < 1.29 is 201 Å². The van der Waals surface area contributed by atoms with E-state index in [1.165, 1.54) is 0 Å². The molecule has 0 atom stereocenters. The molecule has 330 valence electrons. The molecule has 0 bridgehead atoms. The molecule has 0 aliphatic heterocycles. The first kappa shape index (κ1) is 63.1. The molecule has 0 saturated heterocycles. The van der Waals surface area contributed by atoms with Crippen LogP contribution in [0, 0.1) is 0 Å². The summed E-state index contributed by atoms with van der Waals surface area (Å²) >= 11 is 0. The third kappa shape index (κ3) is 13.1. The van der Waals surface area contributed by atoms with E-state index < -0.39 is 96.0 Å². The van der Waals surface area contributed by atoms with Gasteiger partial charge in [0.05, 0.1) is 0 Å². The molecule has 0 aromatic heterocycles. The normalized spacial score (nSPS) is 13.9. The second kappa shape index (κ2) is 18.4. The summed E-state index contributed by atoms with van der Waals surface area (Å²) in [4.78, 5) is 37.5. The first-order chi connectivity index (χ1) is 21.8. The van der Waals surface area contributed by atoms with Gasteiger partial charge in [-0.2, -0.15) is 123 Å². The van der Waals surface area contributed by atoms with Crippen LogP contribution in [0.3, 0.4) is 0 Å². The Labute approximate surface area is 297 Å².